The standard InChI is InChI=1S/C39H39F4N3O2/c1-2-29-13-15-33(16-14-29)28-46(37(47)20-18-31-17-19-34(35(40)25-31)39(41,42)43)36(26-30-9-5-3-6-10-30)38(48)45-23-21-44(22-24-45)27-32-11-7-4-8-12-32/h3-20,25,36H,2,21-24,26-28H2,1H3/t36-/m0/s1. The van der Waals surface area contributed by atoms with Crippen molar-refractivity contribution in [2.24, 2.45) is 0 Å². The van der Waals surface area contributed by atoms with Crippen LogP contribution in [0.5, 0.6) is 0 Å². The summed E-state index contributed by atoms with van der Waals surface area (Å²) in [5.74, 6) is -2.11. The smallest absolute Gasteiger partial charge is 0.338 e. The van der Waals surface area contributed by atoms with E-state index < -0.39 is 29.5 Å². The van der Waals surface area contributed by atoms with Crippen molar-refractivity contribution in [2.45, 2.75) is 45.1 Å². The van der Waals surface area contributed by atoms with Crippen LogP contribution in [0.15, 0.2) is 109 Å². The highest BCUT2D eigenvalue weighted by molar-refractivity contribution is 5.95. The molecule has 0 N–H and O–H groups in total. The summed E-state index contributed by atoms with van der Waals surface area (Å²) in [4.78, 5) is 34.0. The summed E-state index contributed by atoms with van der Waals surface area (Å²) in [6.45, 7) is 5.34. The van der Waals surface area contributed by atoms with Gasteiger partial charge >= 0.3 is 6.18 Å². The van der Waals surface area contributed by atoms with E-state index in [1.165, 1.54) is 22.6 Å². The topological polar surface area (TPSA) is 43.9 Å². The number of aryl methyl sites for hydroxylation is 1. The summed E-state index contributed by atoms with van der Waals surface area (Å²) in [7, 11) is 0. The molecule has 0 bridgehead atoms. The van der Waals surface area contributed by atoms with E-state index in [2.05, 4.69) is 17.0 Å². The third-order valence-electron chi connectivity index (χ3n) is 8.65. The van der Waals surface area contributed by atoms with Crippen molar-refractivity contribution in [3.63, 3.8) is 0 Å². The molecule has 1 atom stereocenters. The second kappa shape index (κ2) is 15.9. The minimum Gasteiger partial charge on any atom is -0.338 e. The second-order valence-corrected chi connectivity index (χ2v) is 12.0. The van der Waals surface area contributed by atoms with E-state index in [4.69, 9.17) is 0 Å². The van der Waals surface area contributed by atoms with E-state index in [9.17, 15) is 27.2 Å². The van der Waals surface area contributed by atoms with Crippen LogP contribution in [0.3, 0.4) is 0 Å². The van der Waals surface area contributed by atoms with E-state index in [1.54, 1.807) is 0 Å². The summed E-state index contributed by atoms with van der Waals surface area (Å²) in [5.41, 5.74) is 2.76. The predicted octanol–water partition coefficient (Wildman–Crippen LogP) is 7.40. The number of halogens is 4. The van der Waals surface area contributed by atoms with Gasteiger partial charge in [-0.05, 0) is 52.4 Å². The fraction of sp³-hybridized carbons (Fsp3) is 0.282. The van der Waals surface area contributed by atoms with Gasteiger partial charge in [0.2, 0.25) is 11.8 Å². The Morgan fingerprint density at radius 1 is 0.792 bits per heavy atom. The van der Waals surface area contributed by atoms with Crippen LogP contribution in [0.25, 0.3) is 6.08 Å². The lowest BCUT2D eigenvalue weighted by Crippen LogP contribution is -2.56. The van der Waals surface area contributed by atoms with Crippen molar-refractivity contribution in [1.29, 1.82) is 0 Å². The molecule has 0 saturated carbocycles. The van der Waals surface area contributed by atoms with Crippen LogP contribution >= 0.6 is 0 Å². The average molecular weight is 658 g/mol. The lowest BCUT2D eigenvalue weighted by molar-refractivity contribution is -0.145. The number of benzene rings is 4. The van der Waals surface area contributed by atoms with Gasteiger partial charge in [-0.25, -0.2) is 4.39 Å². The molecule has 0 spiro atoms. The molecule has 1 saturated heterocycles. The molecule has 1 fully saturated rings. The normalized spacial score (nSPS) is 14.6. The van der Waals surface area contributed by atoms with Crippen LogP contribution in [0.1, 0.15) is 40.3 Å². The van der Waals surface area contributed by atoms with Gasteiger partial charge in [0.15, 0.2) is 0 Å². The monoisotopic (exact) mass is 657 g/mol. The Bertz CT molecular complexity index is 1680. The summed E-state index contributed by atoms with van der Waals surface area (Å²) in [5, 5.41) is 0. The highest BCUT2D eigenvalue weighted by Gasteiger charge is 2.35. The van der Waals surface area contributed by atoms with Gasteiger partial charge in [-0.3, -0.25) is 14.5 Å². The molecule has 4 aromatic rings. The number of alkyl halides is 3. The van der Waals surface area contributed by atoms with Crippen molar-refractivity contribution in [1.82, 2.24) is 14.7 Å². The van der Waals surface area contributed by atoms with Crippen molar-refractivity contribution in [3.05, 3.63) is 148 Å². The molecule has 5 nitrogen and oxygen atoms in total. The number of rotatable bonds is 11. The molecule has 0 unspecified atom stereocenters. The van der Waals surface area contributed by atoms with Gasteiger partial charge in [-0.15, -0.1) is 0 Å². The predicted molar refractivity (Wildman–Crippen MR) is 179 cm³/mol. The largest absolute Gasteiger partial charge is 0.419 e. The summed E-state index contributed by atoms with van der Waals surface area (Å²) in [6, 6.07) is 29.1. The zero-order chi connectivity index (χ0) is 34.1. The number of amides is 2. The van der Waals surface area contributed by atoms with Crippen LogP contribution in [0.4, 0.5) is 17.6 Å². The average Bonchev–Trinajstić information content (AvgIpc) is 3.09. The molecule has 1 heterocycles. The molecular formula is C39H39F4N3O2. The van der Waals surface area contributed by atoms with E-state index in [0.717, 1.165) is 41.8 Å². The summed E-state index contributed by atoms with van der Waals surface area (Å²) >= 11 is 0. The number of nitrogens with zero attached hydrogens (tertiary/aromatic N) is 3. The first-order chi connectivity index (χ1) is 23.1. The number of carbonyl (C=O) groups excluding carboxylic acids is 2. The Morgan fingerprint density at radius 3 is 1.98 bits per heavy atom. The Kier molecular flexibility index (Phi) is 11.4. The van der Waals surface area contributed by atoms with Crippen LogP contribution in [-0.4, -0.2) is 58.7 Å². The Hall–Kier alpha value is -4.76. The number of carbonyl (C=O) groups is 2. The molecule has 48 heavy (non-hydrogen) atoms. The molecule has 2 amide bonds. The molecule has 1 aliphatic rings. The van der Waals surface area contributed by atoms with E-state index in [-0.39, 0.29) is 24.4 Å². The zero-order valence-corrected chi connectivity index (χ0v) is 26.9. The van der Waals surface area contributed by atoms with Crippen molar-refractivity contribution in [3.8, 4) is 0 Å². The summed E-state index contributed by atoms with van der Waals surface area (Å²) < 4.78 is 53.6. The number of hydrogen-bond acceptors (Lipinski definition) is 3. The molecule has 5 rings (SSSR count). The first-order valence-corrected chi connectivity index (χ1v) is 16.1. The SMILES string of the molecule is CCc1ccc(CN(C(=O)C=Cc2ccc(C(F)(F)F)c(F)c2)[C@@H](Cc2ccccc2)C(=O)N2CCN(Cc3ccccc3)CC2)cc1. The van der Waals surface area contributed by atoms with Crippen LogP contribution in [0.2, 0.25) is 0 Å². The highest BCUT2D eigenvalue weighted by Crippen LogP contribution is 2.32. The molecule has 0 aromatic heterocycles. The minimum atomic E-state index is -4.83. The van der Waals surface area contributed by atoms with Gasteiger partial charge in [0.25, 0.3) is 0 Å². The lowest BCUT2D eigenvalue weighted by atomic mass is 10.0. The van der Waals surface area contributed by atoms with Crippen molar-refractivity contribution < 1.29 is 27.2 Å². The maximum absolute atomic E-state index is 14.4. The maximum Gasteiger partial charge on any atom is 0.419 e. The van der Waals surface area contributed by atoms with Gasteiger partial charge in [-0.2, -0.15) is 13.2 Å². The van der Waals surface area contributed by atoms with E-state index in [0.29, 0.717) is 32.2 Å². The summed E-state index contributed by atoms with van der Waals surface area (Å²) in [6.07, 6.45) is -1.23. The second-order valence-electron chi connectivity index (χ2n) is 12.0. The van der Waals surface area contributed by atoms with Gasteiger partial charge in [-0.1, -0.05) is 97.9 Å². The van der Waals surface area contributed by atoms with E-state index >= 15 is 0 Å². The highest BCUT2D eigenvalue weighted by atomic mass is 19.4. The Balaban J connectivity index is 1.42. The van der Waals surface area contributed by atoms with Gasteiger partial charge in [0.1, 0.15) is 11.9 Å². The molecule has 0 aliphatic carbocycles. The quantitative estimate of drug-likeness (QED) is 0.125. The van der Waals surface area contributed by atoms with Crippen LogP contribution < -0.4 is 0 Å². The first-order valence-electron chi connectivity index (χ1n) is 16.1. The number of hydrogen-bond donors (Lipinski definition) is 0. The fourth-order valence-electron chi connectivity index (χ4n) is 5.89. The van der Waals surface area contributed by atoms with Crippen LogP contribution in [0, 0.1) is 5.82 Å². The Morgan fingerprint density at radius 2 is 1.40 bits per heavy atom. The Labute approximate surface area is 279 Å². The molecule has 4 aromatic carbocycles. The van der Waals surface area contributed by atoms with E-state index in [1.807, 2.05) is 84.6 Å². The molecule has 9 heteroatoms. The molecular weight excluding hydrogens is 618 g/mol. The zero-order valence-electron chi connectivity index (χ0n) is 26.9. The van der Waals surface area contributed by atoms with Crippen LogP contribution in [-0.2, 0) is 41.7 Å². The van der Waals surface area contributed by atoms with Crippen molar-refractivity contribution >= 4 is 17.9 Å². The fourth-order valence-corrected chi connectivity index (χ4v) is 5.89. The minimum absolute atomic E-state index is 0.0987. The maximum atomic E-state index is 14.4. The third-order valence-corrected chi connectivity index (χ3v) is 8.65. The van der Waals surface area contributed by atoms with Gasteiger partial charge in [0, 0.05) is 51.8 Å². The lowest BCUT2D eigenvalue weighted by Gasteiger charge is -2.39. The van der Waals surface area contributed by atoms with Crippen molar-refractivity contribution in [2.75, 3.05) is 26.2 Å². The number of piperazine rings is 1. The van der Waals surface area contributed by atoms with Gasteiger partial charge in [0.05, 0.1) is 5.56 Å². The third kappa shape index (κ3) is 9.19. The first kappa shape index (κ1) is 34.6. The molecule has 1 aliphatic heterocycles. The molecule has 250 valence electrons. The van der Waals surface area contributed by atoms with Gasteiger partial charge < -0.3 is 9.80 Å². The molecule has 0 radical (unpaired) electrons.